The molecular formula is C20H24N6O2. The van der Waals surface area contributed by atoms with Crippen LogP contribution in [0.25, 0.3) is 11.4 Å². The lowest BCUT2D eigenvalue weighted by Gasteiger charge is -2.29. The highest BCUT2D eigenvalue weighted by atomic mass is 16.3. The number of aliphatic hydroxyl groups excluding tert-OH is 1. The molecule has 3 rings (SSSR count). The summed E-state index contributed by atoms with van der Waals surface area (Å²) < 4.78 is 0. The molecule has 1 atom stereocenters. The number of anilines is 1. The number of benzene rings is 2. The van der Waals surface area contributed by atoms with Gasteiger partial charge in [-0.3, -0.25) is 0 Å². The third-order valence-electron chi connectivity index (χ3n) is 4.45. The fourth-order valence-corrected chi connectivity index (χ4v) is 2.95. The van der Waals surface area contributed by atoms with Gasteiger partial charge in [0.15, 0.2) is 0 Å². The Morgan fingerprint density at radius 1 is 1.21 bits per heavy atom. The maximum absolute atomic E-state index is 13.0. The minimum atomic E-state index is -0.228. The van der Waals surface area contributed by atoms with Crippen molar-refractivity contribution in [3.05, 3.63) is 60.2 Å². The molecule has 146 valence electrons. The van der Waals surface area contributed by atoms with Crippen LogP contribution in [0.5, 0.6) is 0 Å². The maximum atomic E-state index is 13.0. The normalized spacial score (nSPS) is 11.8. The van der Waals surface area contributed by atoms with E-state index in [2.05, 4.69) is 20.7 Å². The molecule has 0 aliphatic rings. The van der Waals surface area contributed by atoms with Crippen molar-refractivity contribution in [2.75, 3.05) is 18.5 Å². The maximum Gasteiger partial charge on any atom is 0.322 e. The quantitative estimate of drug-likeness (QED) is 0.657. The third kappa shape index (κ3) is 4.72. The fraction of sp³-hybridized carbons (Fsp3) is 0.300. The number of aromatic nitrogens is 4. The van der Waals surface area contributed by atoms with E-state index in [4.69, 9.17) is 0 Å². The average Bonchev–Trinajstić information content (AvgIpc) is 3.15. The van der Waals surface area contributed by atoms with Crippen LogP contribution in [-0.4, -0.2) is 49.4 Å². The Balaban J connectivity index is 1.78. The van der Waals surface area contributed by atoms with Gasteiger partial charge in [0.1, 0.15) is 0 Å². The van der Waals surface area contributed by atoms with Gasteiger partial charge in [0.25, 0.3) is 0 Å². The zero-order valence-corrected chi connectivity index (χ0v) is 16.0. The fourth-order valence-electron chi connectivity index (χ4n) is 2.95. The number of nitrogens with one attached hydrogen (secondary N) is 1. The predicted octanol–water partition coefficient (Wildman–Crippen LogP) is 2.85. The molecule has 0 unspecified atom stereocenters. The van der Waals surface area contributed by atoms with E-state index in [1.807, 2.05) is 61.5 Å². The Hall–Kier alpha value is -3.26. The van der Waals surface area contributed by atoms with Crippen LogP contribution in [0.2, 0.25) is 0 Å². The van der Waals surface area contributed by atoms with Crippen molar-refractivity contribution in [1.82, 2.24) is 25.1 Å². The highest BCUT2D eigenvalue weighted by Crippen LogP contribution is 2.23. The van der Waals surface area contributed by atoms with Gasteiger partial charge in [-0.2, -0.15) is 4.80 Å². The van der Waals surface area contributed by atoms with Crippen molar-refractivity contribution < 1.29 is 9.90 Å². The summed E-state index contributed by atoms with van der Waals surface area (Å²) in [5, 5.41) is 24.2. The van der Waals surface area contributed by atoms with E-state index >= 15 is 0 Å². The lowest BCUT2D eigenvalue weighted by molar-refractivity contribution is 0.182. The van der Waals surface area contributed by atoms with Gasteiger partial charge in [0.05, 0.1) is 13.1 Å². The van der Waals surface area contributed by atoms with Gasteiger partial charge in [0.2, 0.25) is 5.82 Å². The summed E-state index contributed by atoms with van der Waals surface area (Å²) in [5.41, 5.74) is 2.45. The number of aliphatic hydroxyl groups is 1. The van der Waals surface area contributed by atoms with Gasteiger partial charge in [-0.1, -0.05) is 42.5 Å². The van der Waals surface area contributed by atoms with Gasteiger partial charge < -0.3 is 15.3 Å². The molecule has 2 N–H and O–H groups in total. The SMILES string of the molecule is C[C@@H](c1ccccc1)N(CCCO)C(=O)Nc1cccc(-c2nnn(C)n2)c1. The Morgan fingerprint density at radius 3 is 2.68 bits per heavy atom. The van der Waals surface area contributed by atoms with Crippen LogP contribution in [0, 0.1) is 0 Å². The van der Waals surface area contributed by atoms with E-state index < -0.39 is 0 Å². The molecule has 3 aromatic rings. The summed E-state index contributed by atoms with van der Waals surface area (Å²) in [6.45, 7) is 2.45. The molecule has 1 heterocycles. The van der Waals surface area contributed by atoms with Gasteiger partial charge in [-0.05, 0) is 36.3 Å². The first kappa shape index (κ1) is 19.5. The molecule has 0 saturated heterocycles. The molecule has 2 aromatic carbocycles. The van der Waals surface area contributed by atoms with E-state index in [1.165, 1.54) is 4.80 Å². The smallest absolute Gasteiger partial charge is 0.322 e. The molecule has 0 saturated carbocycles. The molecular weight excluding hydrogens is 356 g/mol. The van der Waals surface area contributed by atoms with Gasteiger partial charge >= 0.3 is 6.03 Å². The molecule has 1 aromatic heterocycles. The predicted molar refractivity (Wildman–Crippen MR) is 107 cm³/mol. The first-order valence-electron chi connectivity index (χ1n) is 9.16. The molecule has 0 radical (unpaired) electrons. The van der Waals surface area contributed by atoms with Crippen molar-refractivity contribution in [1.29, 1.82) is 0 Å². The number of aryl methyl sites for hydroxylation is 1. The van der Waals surface area contributed by atoms with Crippen LogP contribution in [0.15, 0.2) is 54.6 Å². The Bertz CT molecular complexity index is 912. The Kier molecular flexibility index (Phi) is 6.33. The van der Waals surface area contributed by atoms with Crippen LogP contribution in [0.4, 0.5) is 10.5 Å². The van der Waals surface area contributed by atoms with Crippen LogP contribution >= 0.6 is 0 Å². The van der Waals surface area contributed by atoms with Crippen LogP contribution in [0.1, 0.15) is 24.9 Å². The number of carbonyl (C=O) groups is 1. The zero-order valence-electron chi connectivity index (χ0n) is 16.0. The standard InChI is InChI=1S/C20H24N6O2/c1-15(16-8-4-3-5-9-16)26(12-7-13-27)20(28)21-18-11-6-10-17(14-18)19-22-24-25(2)23-19/h3-6,8-11,14-15,27H,7,12-13H2,1-2H3,(H,21,28)/t15-/m0/s1. The van der Waals surface area contributed by atoms with E-state index in [1.54, 1.807) is 11.9 Å². The van der Waals surface area contributed by atoms with Gasteiger partial charge in [0, 0.05) is 24.4 Å². The van der Waals surface area contributed by atoms with E-state index in [0.29, 0.717) is 24.5 Å². The lowest BCUT2D eigenvalue weighted by atomic mass is 10.1. The van der Waals surface area contributed by atoms with Crippen LogP contribution < -0.4 is 5.32 Å². The van der Waals surface area contributed by atoms with Crippen LogP contribution in [-0.2, 0) is 7.05 Å². The molecule has 28 heavy (non-hydrogen) atoms. The number of urea groups is 1. The summed E-state index contributed by atoms with van der Waals surface area (Å²) in [4.78, 5) is 16.1. The Labute approximate surface area is 163 Å². The van der Waals surface area contributed by atoms with Crippen LogP contribution in [0.3, 0.4) is 0 Å². The topological polar surface area (TPSA) is 96.2 Å². The van der Waals surface area contributed by atoms with E-state index in [9.17, 15) is 9.90 Å². The van der Waals surface area contributed by atoms with E-state index in [0.717, 1.165) is 11.1 Å². The zero-order chi connectivity index (χ0) is 19.9. The summed E-state index contributed by atoms with van der Waals surface area (Å²) in [6.07, 6.45) is 0.508. The third-order valence-corrected chi connectivity index (χ3v) is 4.45. The number of tetrazole rings is 1. The first-order chi connectivity index (χ1) is 13.6. The largest absolute Gasteiger partial charge is 0.396 e. The average molecular weight is 380 g/mol. The van der Waals surface area contributed by atoms with Gasteiger partial charge in [-0.25, -0.2) is 4.79 Å². The molecule has 0 spiro atoms. The van der Waals surface area contributed by atoms with Crippen molar-refractivity contribution in [3.8, 4) is 11.4 Å². The summed E-state index contributed by atoms with van der Waals surface area (Å²) in [5.74, 6) is 0.494. The van der Waals surface area contributed by atoms with Gasteiger partial charge in [-0.15, -0.1) is 10.2 Å². The minimum Gasteiger partial charge on any atom is -0.396 e. The molecule has 8 heteroatoms. The lowest BCUT2D eigenvalue weighted by Crippen LogP contribution is -2.38. The second-order valence-electron chi connectivity index (χ2n) is 6.47. The summed E-state index contributed by atoms with van der Waals surface area (Å²) in [6, 6.07) is 16.8. The molecule has 0 aliphatic carbocycles. The number of amides is 2. The highest BCUT2D eigenvalue weighted by molar-refractivity contribution is 5.90. The second kappa shape index (κ2) is 9.09. The number of nitrogens with zero attached hydrogens (tertiary/aromatic N) is 5. The summed E-state index contributed by atoms with van der Waals surface area (Å²) >= 11 is 0. The monoisotopic (exact) mass is 380 g/mol. The molecule has 2 amide bonds. The number of rotatable bonds is 7. The van der Waals surface area contributed by atoms with Crippen molar-refractivity contribution in [2.24, 2.45) is 7.05 Å². The van der Waals surface area contributed by atoms with E-state index in [-0.39, 0.29) is 18.7 Å². The molecule has 0 fully saturated rings. The first-order valence-corrected chi connectivity index (χ1v) is 9.16. The van der Waals surface area contributed by atoms with Crippen molar-refractivity contribution in [3.63, 3.8) is 0 Å². The number of hydrogen-bond acceptors (Lipinski definition) is 5. The highest BCUT2D eigenvalue weighted by Gasteiger charge is 2.21. The second-order valence-corrected chi connectivity index (χ2v) is 6.47. The summed E-state index contributed by atoms with van der Waals surface area (Å²) in [7, 11) is 1.70. The number of carbonyl (C=O) groups excluding carboxylic acids is 1. The minimum absolute atomic E-state index is 0.0269. The number of hydrogen-bond donors (Lipinski definition) is 2. The molecule has 0 bridgehead atoms. The van der Waals surface area contributed by atoms with Crippen molar-refractivity contribution >= 4 is 11.7 Å². The Morgan fingerprint density at radius 2 is 2.00 bits per heavy atom. The molecule has 8 nitrogen and oxygen atoms in total. The van der Waals surface area contributed by atoms with Crippen molar-refractivity contribution in [2.45, 2.75) is 19.4 Å². The molecule has 0 aliphatic heterocycles.